The van der Waals surface area contributed by atoms with Crippen molar-refractivity contribution in [3.8, 4) is 5.75 Å². The van der Waals surface area contributed by atoms with Crippen LogP contribution in [0, 0.1) is 5.92 Å². The summed E-state index contributed by atoms with van der Waals surface area (Å²) in [7, 11) is 0. The van der Waals surface area contributed by atoms with E-state index in [0.717, 1.165) is 50.0 Å². The summed E-state index contributed by atoms with van der Waals surface area (Å²) in [5.41, 5.74) is 4.25. The minimum Gasteiger partial charge on any atom is -0.484 e. The lowest BCUT2D eigenvalue weighted by molar-refractivity contribution is -0.134. The molecule has 134 valence electrons. The van der Waals surface area contributed by atoms with E-state index in [1.54, 1.807) is 0 Å². The first-order chi connectivity index (χ1) is 12.1. The van der Waals surface area contributed by atoms with Crippen molar-refractivity contribution in [1.82, 2.24) is 10.3 Å². The summed E-state index contributed by atoms with van der Waals surface area (Å²) in [5, 5.41) is 4.14. The van der Waals surface area contributed by atoms with Gasteiger partial charge in [-0.25, -0.2) is 5.43 Å². The first-order valence-electron chi connectivity index (χ1n) is 8.98. The Morgan fingerprint density at radius 1 is 1.16 bits per heavy atom. The standard InChI is InChI=1S/C19H25N3O3/c1-14(20-21-19(24)16-5-6-16)15-7-9-17(10-8-15)25-13-18(23)22-11-3-2-4-12-22/h7-10,16H,2-6,11-13H2,1H3,(H,21,24)/b20-14-. The zero-order valence-corrected chi connectivity index (χ0v) is 14.7. The summed E-state index contributed by atoms with van der Waals surface area (Å²) >= 11 is 0. The molecule has 3 rings (SSSR count). The van der Waals surface area contributed by atoms with Gasteiger partial charge < -0.3 is 9.64 Å². The number of carbonyl (C=O) groups excluding carboxylic acids is 2. The lowest BCUT2D eigenvalue weighted by atomic mass is 10.1. The largest absolute Gasteiger partial charge is 0.484 e. The molecule has 1 aliphatic carbocycles. The monoisotopic (exact) mass is 343 g/mol. The third-order valence-electron chi connectivity index (χ3n) is 4.63. The van der Waals surface area contributed by atoms with E-state index in [4.69, 9.17) is 4.74 Å². The van der Waals surface area contributed by atoms with Gasteiger partial charge in [0.05, 0.1) is 5.71 Å². The molecule has 2 amide bonds. The maximum Gasteiger partial charge on any atom is 0.260 e. The number of hydrogen-bond acceptors (Lipinski definition) is 4. The van der Waals surface area contributed by atoms with Crippen molar-refractivity contribution in [1.29, 1.82) is 0 Å². The quantitative estimate of drug-likeness (QED) is 0.636. The average Bonchev–Trinajstić information content (AvgIpc) is 3.50. The molecular formula is C19H25N3O3. The number of amides is 2. The molecule has 1 N–H and O–H groups in total. The Morgan fingerprint density at radius 3 is 2.48 bits per heavy atom. The molecule has 0 bridgehead atoms. The Balaban J connectivity index is 1.48. The van der Waals surface area contributed by atoms with E-state index in [1.165, 1.54) is 6.42 Å². The van der Waals surface area contributed by atoms with Crippen LogP contribution in [0.25, 0.3) is 0 Å². The molecule has 0 atom stereocenters. The van der Waals surface area contributed by atoms with Crippen LogP contribution in [-0.2, 0) is 9.59 Å². The molecule has 6 heteroatoms. The molecule has 1 aromatic carbocycles. The fourth-order valence-electron chi connectivity index (χ4n) is 2.81. The van der Waals surface area contributed by atoms with Crippen LogP contribution in [0.15, 0.2) is 29.4 Å². The first-order valence-corrected chi connectivity index (χ1v) is 8.98. The minimum atomic E-state index is -0.00414. The molecule has 2 aliphatic rings. The summed E-state index contributed by atoms with van der Waals surface area (Å²) in [4.78, 5) is 25.6. The van der Waals surface area contributed by atoms with Gasteiger partial charge in [-0.05, 0) is 68.9 Å². The number of piperidine rings is 1. The van der Waals surface area contributed by atoms with E-state index in [1.807, 2.05) is 36.1 Å². The van der Waals surface area contributed by atoms with Crippen LogP contribution in [0.5, 0.6) is 5.75 Å². The number of nitrogens with one attached hydrogen (secondary N) is 1. The molecule has 1 aliphatic heterocycles. The van der Waals surface area contributed by atoms with Crippen LogP contribution in [-0.4, -0.2) is 42.1 Å². The highest BCUT2D eigenvalue weighted by Crippen LogP contribution is 2.28. The molecule has 1 saturated carbocycles. The van der Waals surface area contributed by atoms with Gasteiger partial charge in [-0.1, -0.05) is 0 Å². The van der Waals surface area contributed by atoms with Crippen LogP contribution in [0.3, 0.4) is 0 Å². The number of rotatable bonds is 6. The highest BCUT2D eigenvalue weighted by atomic mass is 16.5. The molecule has 6 nitrogen and oxygen atoms in total. The van der Waals surface area contributed by atoms with Crippen molar-refractivity contribution in [3.63, 3.8) is 0 Å². The number of carbonyl (C=O) groups is 2. The van der Waals surface area contributed by atoms with Crippen molar-refractivity contribution in [3.05, 3.63) is 29.8 Å². The predicted molar refractivity (Wildman–Crippen MR) is 95.4 cm³/mol. The second-order valence-corrected chi connectivity index (χ2v) is 6.70. The molecule has 1 aromatic rings. The molecule has 0 aromatic heterocycles. The van der Waals surface area contributed by atoms with E-state index < -0.39 is 0 Å². The predicted octanol–water partition coefficient (Wildman–Crippen LogP) is 2.33. The minimum absolute atomic E-state index is 0.00414. The third-order valence-corrected chi connectivity index (χ3v) is 4.63. The number of hydrogen-bond donors (Lipinski definition) is 1. The number of ether oxygens (including phenoxy) is 1. The highest BCUT2D eigenvalue weighted by Gasteiger charge is 2.29. The van der Waals surface area contributed by atoms with Crippen LogP contribution in [0.4, 0.5) is 0 Å². The van der Waals surface area contributed by atoms with Gasteiger partial charge in [-0.2, -0.15) is 5.10 Å². The molecule has 2 fully saturated rings. The van der Waals surface area contributed by atoms with Gasteiger partial charge in [0.15, 0.2) is 6.61 Å². The number of likely N-dealkylation sites (tertiary alicyclic amines) is 1. The highest BCUT2D eigenvalue weighted by molar-refractivity contribution is 5.99. The van der Waals surface area contributed by atoms with Gasteiger partial charge in [0.25, 0.3) is 5.91 Å². The molecule has 0 spiro atoms. The Bertz CT molecular complexity index is 644. The first kappa shape index (κ1) is 17.5. The Morgan fingerprint density at radius 2 is 1.84 bits per heavy atom. The molecular weight excluding hydrogens is 318 g/mol. The maximum atomic E-state index is 12.1. The van der Waals surface area contributed by atoms with Crippen molar-refractivity contribution >= 4 is 17.5 Å². The van der Waals surface area contributed by atoms with Crippen molar-refractivity contribution in [2.75, 3.05) is 19.7 Å². The van der Waals surface area contributed by atoms with E-state index >= 15 is 0 Å². The summed E-state index contributed by atoms with van der Waals surface area (Å²) in [6, 6.07) is 7.40. The summed E-state index contributed by atoms with van der Waals surface area (Å²) in [5.74, 6) is 0.841. The lowest BCUT2D eigenvalue weighted by Crippen LogP contribution is -2.38. The van der Waals surface area contributed by atoms with Gasteiger partial charge >= 0.3 is 0 Å². The van der Waals surface area contributed by atoms with Crippen molar-refractivity contribution in [2.45, 2.75) is 39.0 Å². The summed E-state index contributed by atoms with van der Waals surface area (Å²) < 4.78 is 5.59. The van der Waals surface area contributed by atoms with Crippen molar-refractivity contribution in [2.24, 2.45) is 11.0 Å². The Kier molecular flexibility index (Phi) is 5.68. The van der Waals surface area contributed by atoms with Crippen LogP contribution in [0.1, 0.15) is 44.6 Å². The summed E-state index contributed by atoms with van der Waals surface area (Å²) in [6.07, 6.45) is 5.28. The van der Waals surface area contributed by atoms with Gasteiger partial charge in [-0.15, -0.1) is 0 Å². The topological polar surface area (TPSA) is 71.0 Å². The molecule has 0 unspecified atom stereocenters. The number of benzene rings is 1. The fraction of sp³-hybridized carbons (Fsp3) is 0.526. The van der Waals surface area contributed by atoms with Crippen LogP contribution >= 0.6 is 0 Å². The zero-order chi connectivity index (χ0) is 17.6. The van der Waals surface area contributed by atoms with E-state index in [9.17, 15) is 9.59 Å². The van der Waals surface area contributed by atoms with Gasteiger partial charge in [-0.3, -0.25) is 9.59 Å². The second-order valence-electron chi connectivity index (χ2n) is 6.70. The van der Waals surface area contributed by atoms with Gasteiger partial charge in [0, 0.05) is 19.0 Å². The molecule has 0 radical (unpaired) electrons. The fourth-order valence-corrected chi connectivity index (χ4v) is 2.81. The summed E-state index contributed by atoms with van der Waals surface area (Å²) in [6.45, 7) is 3.60. The van der Waals surface area contributed by atoms with Gasteiger partial charge in [0.2, 0.25) is 5.91 Å². The normalized spacial score (nSPS) is 18.0. The SMILES string of the molecule is C/C(=N/NC(=O)C1CC1)c1ccc(OCC(=O)N2CCCCC2)cc1. The Labute approximate surface area is 148 Å². The van der Waals surface area contributed by atoms with Crippen molar-refractivity contribution < 1.29 is 14.3 Å². The second kappa shape index (κ2) is 8.14. The Hall–Kier alpha value is -2.37. The average molecular weight is 343 g/mol. The van der Waals surface area contributed by atoms with Gasteiger partial charge in [0.1, 0.15) is 5.75 Å². The number of hydrazone groups is 1. The molecule has 1 saturated heterocycles. The lowest BCUT2D eigenvalue weighted by Gasteiger charge is -2.26. The zero-order valence-electron chi connectivity index (χ0n) is 14.7. The third kappa shape index (κ3) is 5.05. The maximum absolute atomic E-state index is 12.1. The molecule has 1 heterocycles. The smallest absolute Gasteiger partial charge is 0.260 e. The molecule has 25 heavy (non-hydrogen) atoms. The van der Waals surface area contributed by atoms with E-state index in [0.29, 0.717) is 5.75 Å². The van der Waals surface area contributed by atoms with Crippen LogP contribution < -0.4 is 10.2 Å². The number of nitrogens with zero attached hydrogens (tertiary/aromatic N) is 2. The van der Waals surface area contributed by atoms with E-state index in [2.05, 4.69) is 10.5 Å². The van der Waals surface area contributed by atoms with E-state index in [-0.39, 0.29) is 24.3 Å². The van der Waals surface area contributed by atoms with Crippen LogP contribution in [0.2, 0.25) is 0 Å².